The molecule has 1 fully saturated rings. The van der Waals surface area contributed by atoms with Gasteiger partial charge in [-0.25, -0.2) is 0 Å². The Morgan fingerprint density at radius 3 is 2.53 bits per heavy atom. The van der Waals surface area contributed by atoms with Crippen LogP contribution in [0.3, 0.4) is 0 Å². The maximum atomic E-state index is 12.2. The lowest BCUT2D eigenvalue weighted by Gasteiger charge is -2.36. The molecule has 2 N–H and O–H groups in total. The highest BCUT2D eigenvalue weighted by atomic mass is 19.4. The Balaban J connectivity index is 2.36. The summed E-state index contributed by atoms with van der Waals surface area (Å²) in [6.45, 7) is 2.95. The molecule has 1 saturated carbocycles. The van der Waals surface area contributed by atoms with E-state index in [4.69, 9.17) is 5.73 Å². The van der Waals surface area contributed by atoms with Crippen LogP contribution in [0.2, 0.25) is 0 Å². The van der Waals surface area contributed by atoms with Crippen LogP contribution in [0, 0.1) is 11.8 Å². The third kappa shape index (κ3) is 6.61. The zero-order valence-corrected chi connectivity index (χ0v) is 12.0. The van der Waals surface area contributed by atoms with Crippen molar-refractivity contribution in [2.24, 2.45) is 17.6 Å². The Bertz CT molecular complexity index is 256. The predicted molar refractivity (Wildman–Crippen MR) is 71.9 cm³/mol. The topological polar surface area (TPSA) is 29.3 Å². The SMILES string of the molecule is CCCC1CCC(N)C(CN(C)CCC(F)(F)F)C1. The molecule has 0 saturated heterocycles. The van der Waals surface area contributed by atoms with Crippen molar-refractivity contribution in [3.05, 3.63) is 0 Å². The van der Waals surface area contributed by atoms with Crippen molar-refractivity contribution in [2.45, 2.75) is 57.7 Å². The summed E-state index contributed by atoms with van der Waals surface area (Å²) in [5.41, 5.74) is 6.12. The van der Waals surface area contributed by atoms with Crippen molar-refractivity contribution in [3.8, 4) is 0 Å². The van der Waals surface area contributed by atoms with E-state index in [0.29, 0.717) is 18.4 Å². The molecule has 0 aromatic heterocycles. The summed E-state index contributed by atoms with van der Waals surface area (Å²) in [7, 11) is 1.77. The molecule has 114 valence electrons. The number of halogens is 3. The van der Waals surface area contributed by atoms with Gasteiger partial charge in [0.15, 0.2) is 0 Å². The van der Waals surface area contributed by atoms with E-state index in [1.807, 2.05) is 0 Å². The first kappa shape index (κ1) is 16.8. The van der Waals surface area contributed by atoms with Crippen molar-refractivity contribution in [1.82, 2.24) is 4.90 Å². The van der Waals surface area contributed by atoms with Crippen molar-refractivity contribution in [3.63, 3.8) is 0 Å². The molecular formula is C14H27F3N2. The molecule has 0 spiro atoms. The maximum Gasteiger partial charge on any atom is 0.390 e. The fraction of sp³-hybridized carbons (Fsp3) is 1.00. The second kappa shape index (κ2) is 7.48. The lowest BCUT2D eigenvalue weighted by Crippen LogP contribution is -2.42. The zero-order valence-electron chi connectivity index (χ0n) is 12.0. The summed E-state index contributed by atoms with van der Waals surface area (Å²) < 4.78 is 36.5. The fourth-order valence-corrected chi connectivity index (χ4v) is 3.07. The minimum atomic E-state index is -4.06. The van der Waals surface area contributed by atoms with E-state index in [1.165, 1.54) is 19.3 Å². The Morgan fingerprint density at radius 2 is 1.95 bits per heavy atom. The molecule has 1 rings (SSSR count). The molecule has 2 nitrogen and oxygen atoms in total. The quantitative estimate of drug-likeness (QED) is 0.808. The third-order valence-electron chi connectivity index (χ3n) is 4.17. The van der Waals surface area contributed by atoms with Crippen LogP contribution in [0.25, 0.3) is 0 Å². The first-order valence-corrected chi connectivity index (χ1v) is 7.32. The fourth-order valence-electron chi connectivity index (χ4n) is 3.07. The second-order valence-electron chi connectivity index (χ2n) is 6.02. The van der Waals surface area contributed by atoms with Crippen LogP contribution in [0.5, 0.6) is 0 Å². The van der Waals surface area contributed by atoms with Gasteiger partial charge in [-0.1, -0.05) is 19.8 Å². The van der Waals surface area contributed by atoms with Crippen molar-refractivity contribution < 1.29 is 13.2 Å². The monoisotopic (exact) mass is 280 g/mol. The Kier molecular flexibility index (Phi) is 6.60. The van der Waals surface area contributed by atoms with Gasteiger partial charge in [0.2, 0.25) is 0 Å². The molecule has 0 bridgehead atoms. The molecule has 0 heterocycles. The predicted octanol–water partition coefficient (Wildman–Crippen LogP) is 3.41. The van der Waals surface area contributed by atoms with E-state index in [-0.39, 0.29) is 12.6 Å². The van der Waals surface area contributed by atoms with Gasteiger partial charge >= 0.3 is 6.18 Å². The molecule has 19 heavy (non-hydrogen) atoms. The highest BCUT2D eigenvalue weighted by molar-refractivity contribution is 4.84. The van der Waals surface area contributed by atoms with Crippen LogP contribution in [-0.2, 0) is 0 Å². The number of hydrogen-bond donors (Lipinski definition) is 1. The molecule has 5 heteroatoms. The van der Waals surface area contributed by atoms with Gasteiger partial charge in [0.1, 0.15) is 0 Å². The number of nitrogens with zero attached hydrogens (tertiary/aromatic N) is 1. The third-order valence-corrected chi connectivity index (χ3v) is 4.17. The smallest absolute Gasteiger partial charge is 0.327 e. The first-order chi connectivity index (χ1) is 8.81. The summed E-state index contributed by atoms with van der Waals surface area (Å²) in [5.74, 6) is 1.06. The lowest BCUT2D eigenvalue weighted by molar-refractivity contribution is -0.137. The normalized spacial score (nSPS) is 28.9. The van der Waals surface area contributed by atoms with Gasteiger partial charge in [0.05, 0.1) is 6.42 Å². The first-order valence-electron chi connectivity index (χ1n) is 7.32. The number of hydrogen-bond acceptors (Lipinski definition) is 2. The Morgan fingerprint density at radius 1 is 1.26 bits per heavy atom. The molecule has 0 aromatic rings. The molecule has 3 unspecified atom stereocenters. The van der Waals surface area contributed by atoms with Gasteiger partial charge in [-0.15, -0.1) is 0 Å². The van der Waals surface area contributed by atoms with Gasteiger partial charge < -0.3 is 10.6 Å². The average molecular weight is 280 g/mol. The van der Waals surface area contributed by atoms with Crippen LogP contribution in [0.15, 0.2) is 0 Å². The van der Waals surface area contributed by atoms with E-state index in [1.54, 1.807) is 11.9 Å². The largest absolute Gasteiger partial charge is 0.390 e. The van der Waals surface area contributed by atoms with Gasteiger partial charge in [0, 0.05) is 19.1 Å². The van der Waals surface area contributed by atoms with E-state index in [9.17, 15) is 13.2 Å². The molecule has 0 aliphatic heterocycles. The minimum Gasteiger partial charge on any atom is -0.327 e. The minimum absolute atomic E-state index is 0.0746. The zero-order chi connectivity index (χ0) is 14.5. The Labute approximate surface area is 114 Å². The number of alkyl halides is 3. The number of nitrogens with two attached hydrogens (primary N) is 1. The highest BCUT2D eigenvalue weighted by Crippen LogP contribution is 2.32. The summed E-state index contributed by atoms with van der Waals surface area (Å²) in [6, 6.07) is 0.154. The summed E-state index contributed by atoms with van der Waals surface area (Å²) in [6.07, 6.45) is 0.870. The standard InChI is InChI=1S/C14H27F3N2/c1-3-4-11-5-6-13(18)12(9-11)10-19(2)8-7-14(15,16)17/h11-13H,3-10,18H2,1-2H3. The van der Waals surface area contributed by atoms with Crippen molar-refractivity contribution >= 4 is 0 Å². The molecular weight excluding hydrogens is 253 g/mol. The highest BCUT2D eigenvalue weighted by Gasteiger charge is 2.30. The molecule has 3 atom stereocenters. The van der Waals surface area contributed by atoms with Gasteiger partial charge in [-0.05, 0) is 38.1 Å². The molecule has 0 amide bonds. The molecule has 0 radical (unpaired) electrons. The van der Waals surface area contributed by atoms with Crippen LogP contribution in [-0.4, -0.2) is 37.3 Å². The van der Waals surface area contributed by atoms with E-state index >= 15 is 0 Å². The van der Waals surface area contributed by atoms with Crippen LogP contribution >= 0.6 is 0 Å². The van der Waals surface area contributed by atoms with Gasteiger partial charge in [-0.2, -0.15) is 13.2 Å². The van der Waals surface area contributed by atoms with E-state index in [2.05, 4.69) is 6.92 Å². The number of rotatable bonds is 6. The van der Waals surface area contributed by atoms with Gasteiger partial charge in [-0.3, -0.25) is 0 Å². The van der Waals surface area contributed by atoms with Gasteiger partial charge in [0.25, 0.3) is 0 Å². The van der Waals surface area contributed by atoms with Crippen LogP contribution < -0.4 is 5.73 Å². The van der Waals surface area contributed by atoms with Crippen molar-refractivity contribution in [1.29, 1.82) is 0 Å². The van der Waals surface area contributed by atoms with Crippen LogP contribution in [0.4, 0.5) is 13.2 Å². The van der Waals surface area contributed by atoms with Crippen LogP contribution in [0.1, 0.15) is 45.4 Å². The summed E-state index contributed by atoms with van der Waals surface area (Å²) in [5, 5.41) is 0. The molecule has 0 aromatic carbocycles. The average Bonchev–Trinajstić information content (AvgIpc) is 2.30. The maximum absolute atomic E-state index is 12.2. The lowest BCUT2D eigenvalue weighted by atomic mass is 9.76. The second-order valence-corrected chi connectivity index (χ2v) is 6.02. The summed E-state index contributed by atoms with van der Waals surface area (Å²) >= 11 is 0. The molecule has 1 aliphatic rings. The van der Waals surface area contributed by atoms with E-state index < -0.39 is 12.6 Å². The summed E-state index contributed by atoms with van der Waals surface area (Å²) in [4.78, 5) is 1.78. The Hall–Kier alpha value is -0.290. The molecule has 1 aliphatic carbocycles. The van der Waals surface area contributed by atoms with Crippen molar-refractivity contribution in [2.75, 3.05) is 20.1 Å². The van der Waals surface area contributed by atoms with E-state index in [0.717, 1.165) is 12.8 Å².